The number of rotatable bonds is 2. The maximum absolute atomic E-state index is 12.8. The Labute approximate surface area is 130 Å². The Hall–Kier alpha value is -1.95. The number of hydrogen-bond donors (Lipinski definition) is 1. The third-order valence-corrected chi connectivity index (χ3v) is 4.11. The van der Waals surface area contributed by atoms with Crippen LogP contribution in [0.1, 0.15) is 42.4 Å². The lowest BCUT2D eigenvalue weighted by Crippen LogP contribution is -2.34. The highest BCUT2D eigenvalue weighted by molar-refractivity contribution is 5.98. The van der Waals surface area contributed by atoms with Crippen molar-refractivity contribution >= 4 is 16.9 Å². The first-order valence-corrected chi connectivity index (χ1v) is 7.93. The molecule has 0 aromatic carbocycles. The highest BCUT2D eigenvalue weighted by atomic mass is 16.2. The van der Waals surface area contributed by atoms with E-state index in [0.717, 1.165) is 49.3 Å². The number of carbonyl (C=O) groups is 1. The van der Waals surface area contributed by atoms with E-state index in [1.165, 1.54) is 0 Å². The molecule has 2 aromatic rings. The molecule has 1 N–H and O–H groups in total. The summed E-state index contributed by atoms with van der Waals surface area (Å²) in [4.78, 5) is 19.3. The Bertz CT molecular complexity index is 683. The lowest BCUT2D eigenvalue weighted by molar-refractivity contribution is 0.0765. The van der Waals surface area contributed by atoms with E-state index >= 15 is 0 Å². The van der Waals surface area contributed by atoms with Crippen LogP contribution in [0.3, 0.4) is 0 Å². The molecular formula is C16H23N5O. The van der Waals surface area contributed by atoms with Crippen molar-refractivity contribution < 1.29 is 4.79 Å². The third-order valence-electron chi connectivity index (χ3n) is 4.11. The second kappa shape index (κ2) is 6.04. The highest BCUT2D eigenvalue weighted by Gasteiger charge is 2.21. The Morgan fingerprint density at radius 3 is 2.91 bits per heavy atom. The minimum atomic E-state index is 0.0768. The van der Waals surface area contributed by atoms with E-state index in [1.807, 2.05) is 22.6 Å². The summed E-state index contributed by atoms with van der Waals surface area (Å²) in [6, 6.07) is 2.19. The Morgan fingerprint density at radius 2 is 2.14 bits per heavy atom. The maximum atomic E-state index is 12.8. The van der Waals surface area contributed by atoms with E-state index in [4.69, 9.17) is 0 Å². The quantitative estimate of drug-likeness (QED) is 0.918. The first-order chi connectivity index (χ1) is 10.6. The lowest BCUT2D eigenvalue weighted by Gasteiger charge is -2.20. The van der Waals surface area contributed by atoms with E-state index in [9.17, 15) is 4.79 Å². The van der Waals surface area contributed by atoms with E-state index in [-0.39, 0.29) is 11.9 Å². The molecule has 1 aliphatic rings. The monoisotopic (exact) mass is 301 g/mol. The summed E-state index contributed by atoms with van der Waals surface area (Å²) in [5.74, 6) is 0.0768. The van der Waals surface area contributed by atoms with Crippen LogP contribution in [0.2, 0.25) is 0 Å². The van der Waals surface area contributed by atoms with Gasteiger partial charge in [0.15, 0.2) is 5.65 Å². The van der Waals surface area contributed by atoms with Crippen molar-refractivity contribution in [3.8, 4) is 0 Å². The molecule has 6 heteroatoms. The summed E-state index contributed by atoms with van der Waals surface area (Å²) >= 11 is 0. The van der Waals surface area contributed by atoms with Crippen molar-refractivity contribution in [3.05, 3.63) is 23.5 Å². The zero-order valence-electron chi connectivity index (χ0n) is 13.5. The van der Waals surface area contributed by atoms with Crippen LogP contribution in [0.4, 0.5) is 0 Å². The van der Waals surface area contributed by atoms with Gasteiger partial charge in [-0.15, -0.1) is 0 Å². The van der Waals surface area contributed by atoms with Gasteiger partial charge in [-0.1, -0.05) is 0 Å². The predicted octanol–water partition coefficient (Wildman–Crippen LogP) is 1.76. The number of amides is 1. The van der Waals surface area contributed by atoms with Gasteiger partial charge in [0, 0.05) is 31.1 Å². The van der Waals surface area contributed by atoms with E-state index < -0.39 is 0 Å². The second-order valence-corrected chi connectivity index (χ2v) is 6.11. The Balaban J connectivity index is 1.96. The Kier molecular flexibility index (Phi) is 4.11. The molecule has 3 rings (SSSR count). The van der Waals surface area contributed by atoms with Gasteiger partial charge in [0.1, 0.15) is 0 Å². The molecule has 1 saturated heterocycles. The summed E-state index contributed by atoms with van der Waals surface area (Å²) in [5.41, 5.74) is 2.32. The maximum Gasteiger partial charge on any atom is 0.255 e. The molecule has 2 aromatic heterocycles. The van der Waals surface area contributed by atoms with Crippen LogP contribution in [0, 0.1) is 6.92 Å². The Morgan fingerprint density at radius 1 is 1.32 bits per heavy atom. The van der Waals surface area contributed by atoms with Crippen molar-refractivity contribution in [2.45, 2.75) is 33.2 Å². The fraction of sp³-hybridized carbons (Fsp3) is 0.562. The first-order valence-electron chi connectivity index (χ1n) is 7.93. The number of nitrogens with one attached hydrogen (secondary N) is 1. The van der Waals surface area contributed by atoms with Crippen LogP contribution in [0.15, 0.2) is 12.3 Å². The van der Waals surface area contributed by atoms with Crippen molar-refractivity contribution in [3.63, 3.8) is 0 Å². The van der Waals surface area contributed by atoms with Crippen LogP contribution < -0.4 is 5.32 Å². The molecule has 0 saturated carbocycles. The SMILES string of the molecule is Cc1nc2c(cnn2C(C)C)cc1C(=O)N1CCCNCC1. The molecule has 1 fully saturated rings. The summed E-state index contributed by atoms with van der Waals surface area (Å²) in [7, 11) is 0. The predicted molar refractivity (Wildman–Crippen MR) is 86.0 cm³/mol. The number of hydrogen-bond acceptors (Lipinski definition) is 4. The number of pyridine rings is 1. The molecule has 118 valence electrons. The van der Waals surface area contributed by atoms with Crippen LogP contribution in [0.25, 0.3) is 11.0 Å². The molecule has 0 unspecified atom stereocenters. The smallest absolute Gasteiger partial charge is 0.255 e. The van der Waals surface area contributed by atoms with Gasteiger partial charge < -0.3 is 10.2 Å². The van der Waals surface area contributed by atoms with Crippen LogP contribution in [0.5, 0.6) is 0 Å². The molecule has 6 nitrogen and oxygen atoms in total. The molecule has 0 aliphatic carbocycles. The van der Waals surface area contributed by atoms with Gasteiger partial charge >= 0.3 is 0 Å². The summed E-state index contributed by atoms with van der Waals surface area (Å²) in [6.07, 6.45) is 2.79. The molecule has 0 radical (unpaired) electrons. The van der Waals surface area contributed by atoms with Crippen molar-refractivity contribution in [1.29, 1.82) is 0 Å². The van der Waals surface area contributed by atoms with Crippen molar-refractivity contribution in [2.24, 2.45) is 0 Å². The molecule has 22 heavy (non-hydrogen) atoms. The van der Waals surface area contributed by atoms with Gasteiger partial charge in [-0.25, -0.2) is 9.67 Å². The standard InChI is InChI=1S/C16H23N5O/c1-11(2)21-15-13(10-18-21)9-14(12(3)19-15)16(22)20-7-4-5-17-6-8-20/h9-11,17H,4-8H2,1-3H3. The largest absolute Gasteiger partial charge is 0.337 e. The van der Waals surface area contributed by atoms with Crippen LogP contribution >= 0.6 is 0 Å². The average Bonchev–Trinajstić information content (AvgIpc) is 2.71. The molecule has 0 bridgehead atoms. The topological polar surface area (TPSA) is 63.1 Å². The number of carbonyl (C=O) groups excluding carboxylic acids is 1. The zero-order chi connectivity index (χ0) is 15.7. The lowest BCUT2D eigenvalue weighted by atomic mass is 10.1. The van der Waals surface area contributed by atoms with Crippen molar-refractivity contribution in [2.75, 3.05) is 26.2 Å². The highest BCUT2D eigenvalue weighted by Crippen LogP contribution is 2.20. The molecule has 1 amide bonds. The van der Waals surface area contributed by atoms with Gasteiger partial charge in [-0.05, 0) is 39.8 Å². The van der Waals surface area contributed by atoms with Gasteiger partial charge in [0.2, 0.25) is 0 Å². The number of fused-ring (bicyclic) bond motifs is 1. The second-order valence-electron chi connectivity index (χ2n) is 6.11. The molecule has 1 aliphatic heterocycles. The molecule has 0 atom stereocenters. The number of aromatic nitrogens is 3. The molecule has 0 spiro atoms. The average molecular weight is 301 g/mol. The normalized spacial score (nSPS) is 16.3. The van der Waals surface area contributed by atoms with Gasteiger partial charge in [-0.3, -0.25) is 4.79 Å². The first kappa shape index (κ1) is 15.0. The van der Waals surface area contributed by atoms with E-state index in [0.29, 0.717) is 5.56 Å². The number of aryl methyl sites for hydroxylation is 1. The minimum absolute atomic E-state index is 0.0768. The van der Waals surface area contributed by atoms with Gasteiger partial charge in [-0.2, -0.15) is 5.10 Å². The van der Waals surface area contributed by atoms with Gasteiger partial charge in [0.25, 0.3) is 5.91 Å². The van der Waals surface area contributed by atoms with Crippen molar-refractivity contribution in [1.82, 2.24) is 25.0 Å². The fourth-order valence-corrected chi connectivity index (χ4v) is 2.88. The number of nitrogens with zero attached hydrogens (tertiary/aromatic N) is 4. The molecule has 3 heterocycles. The fourth-order valence-electron chi connectivity index (χ4n) is 2.88. The minimum Gasteiger partial charge on any atom is -0.337 e. The van der Waals surface area contributed by atoms with E-state index in [1.54, 1.807) is 6.20 Å². The zero-order valence-corrected chi connectivity index (χ0v) is 13.5. The molecular weight excluding hydrogens is 278 g/mol. The van der Waals surface area contributed by atoms with E-state index in [2.05, 4.69) is 29.2 Å². The van der Waals surface area contributed by atoms with Gasteiger partial charge in [0.05, 0.1) is 17.5 Å². The summed E-state index contributed by atoms with van der Waals surface area (Å²) in [5, 5.41) is 8.63. The van der Waals surface area contributed by atoms with Crippen LogP contribution in [-0.4, -0.2) is 51.8 Å². The summed E-state index contributed by atoms with van der Waals surface area (Å²) < 4.78 is 1.90. The van der Waals surface area contributed by atoms with Crippen LogP contribution in [-0.2, 0) is 0 Å². The third kappa shape index (κ3) is 2.70. The summed E-state index contributed by atoms with van der Waals surface area (Å²) in [6.45, 7) is 9.43.